The summed E-state index contributed by atoms with van der Waals surface area (Å²) in [5.74, 6) is 0.494. The van der Waals surface area contributed by atoms with E-state index in [2.05, 4.69) is 10.2 Å². The molecule has 7 nitrogen and oxygen atoms in total. The number of pyridine rings is 1. The number of ether oxygens (including phenoxy) is 2. The number of carbonyl (C=O) groups is 1. The predicted molar refractivity (Wildman–Crippen MR) is 121 cm³/mol. The molecule has 3 aromatic rings. The molecular weight excluding hydrogens is 394 g/mol. The fraction of sp³-hybridized carbons (Fsp3) is 0.333. The van der Waals surface area contributed by atoms with Crippen LogP contribution in [-0.2, 0) is 11.3 Å². The van der Waals surface area contributed by atoms with Crippen LogP contribution < -0.4 is 15.6 Å². The molecule has 1 aliphatic heterocycles. The maximum Gasteiger partial charge on any atom is 0.258 e. The van der Waals surface area contributed by atoms with Gasteiger partial charge in [-0.3, -0.25) is 14.5 Å². The molecule has 0 aliphatic carbocycles. The minimum absolute atomic E-state index is 0.0528. The molecule has 162 valence electrons. The van der Waals surface area contributed by atoms with Crippen LogP contribution in [0.4, 0.5) is 5.69 Å². The summed E-state index contributed by atoms with van der Waals surface area (Å²) >= 11 is 0. The van der Waals surface area contributed by atoms with E-state index in [1.807, 2.05) is 19.1 Å². The smallest absolute Gasteiger partial charge is 0.258 e. The van der Waals surface area contributed by atoms with Gasteiger partial charge in [0.1, 0.15) is 5.75 Å². The Balaban J connectivity index is 1.51. The van der Waals surface area contributed by atoms with Gasteiger partial charge in [-0.2, -0.15) is 0 Å². The van der Waals surface area contributed by atoms with Gasteiger partial charge in [-0.05, 0) is 49.4 Å². The zero-order valence-electron chi connectivity index (χ0n) is 17.7. The molecule has 1 fully saturated rings. The van der Waals surface area contributed by atoms with Crippen molar-refractivity contribution >= 4 is 22.4 Å². The lowest BCUT2D eigenvalue weighted by molar-refractivity contribution is 0.0363. The van der Waals surface area contributed by atoms with Crippen molar-refractivity contribution < 1.29 is 14.3 Å². The van der Waals surface area contributed by atoms with Crippen LogP contribution in [0.15, 0.2) is 59.5 Å². The normalized spacial score (nSPS) is 14.5. The van der Waals surface area contributed by atoms with Crippen molar-refractivity contribution in [2.24, 2.45) is 0 Å². The third-order valence-electron chi connectivity index (χ3n) is 5.46. The SMILES string of the molecule is CCOc1ccc(C(=O)Nc2cccc3c(=O)n(CCN4CCOCC4)ccc23)cc1. The molecule has 0 unspecified atom stereocenters. The van der Waals surface area contributed by atoms with Gasteiger partial charge in [0.25, 0.3) is 11.5 Å². The summed E-state index contributed by atoms with van der Waals surface area (Å²) in [6.45, 7) is 7.19. The first kappa shape index (κ1) is 21.1. The van der Waals surface area contributed by atoms with Crippen LogP contribution in [0.3, 0.4) is 0 Å². The largest absolute Gasteiger partial charge is 0.494 e. The Kier molecular flexibility index (Phi) is 6.64. The lowest BCUT2D eigenvalue weighted by Crippen LogP contribution is -2.39. The number of morpholine rings is 1. The fourth-order valence-electron chi connectivity index (χ4n) is 3.74. The molecule has 0 radical (unpaired) electrons. The Hall–Kier alpha value is -3.16. The Morgan fingerprint density at radius 2 is 1.81 bits per heavy atom. The number of anilines is 1. The average molecular weight is 421 g/mol. The third kappa shape index (κ3) is 4.95. The molecular formula is C24H27N3O4. The molecule has 2 heterocycles. The maximum absolute atomic E-state index is 13.0. The van der Waals surface area contributed by atoms with Crippen LogP contribution in [0.25, 0.3) is 10.8 Å². The van der Waals surface area contributed by atoms with Gasteiger partial charge >= 0.3 is 0 Å². The van der Waals surface area contributed by atoms with Crippen LogP contribution in [0.1, 0.15) is 17.3 Å². The van der Waals surface area contributed by atoms with Gasteiger partial charge in [-0.1, -0.05) is 6.07 Å². The number of benzene rings is 2. The van der Waals surface area contributed by atoms with Crippen molar-refractivity contribution in [3.05, 3.63) is 70.6 Å². The quantitative estimate of drug-likeness (QED) is 0.635. The van der Waals surface area contributed by atoms with Crippen molar-refractivity contribution in [3.8, 4) is 5.75 Å². The second-order valence-electron chi connectivity index (χ2n) is 7.45. The first-order valence-corrected chi connectivity index (χ1v) is 10.6. The van der Waals surface area contributed by atoms with Gasteiger partial charge in [0.15, 0.2) is 0 Å². The molecule has 0 bridgehead atoms. The minimum atomic E-state index is -0.230. The second kappa shape index (κ2) is 9.76. The van der Waals surface area contributed by atoms with E-state index >= 15 is 0 Å². The van der Waals surface area contributed by atoms with E-state index in [1.165, 1.54) is 0 Å². The molecule has 1 amide bonds. The first-order chi connectivity index (χ1) is 15.2. The lowest BCUT2D eigenvalue weighted by Gasteiger charge is -2.26. The molecule has 31 heavy (non-hydrogen) atoms. The van der Waals surface area contributed by atoms with E-state index < -0.39 is 0 Å². The number of aromatic nitrogens is 1. The Morgan fingerprint density at radius 3 is 2.55 bits per heavy atom. The summed E-state index contributed by atoms with van der Waals surface area (Å²) < 4.78 is 12.5. The Labute approximate surface area is 181 Å². The summed E-state index contributed by atoms with van der Waals surface area (Å²) in [6, 6.07) is 14.3. The van der Waals surface area contributed by atoms with Crippen molar-refractivity contribution in [2.75, 3.05) is 44.8 Å². The second-order valence-corrected chi connectivity index (χ2v) is 7.45. The molecule has 7 heteroatoms. The van der Waals surface area contributed by atoms with Crippen LogP contribution in [-0.4, -0.2) is 54.8 Å². The van der Waals surface area contributed by atoms with Gasteiger partial charge in [-0.25, -0.2) is 0 Å². The molecule has 0 spiro atoms. The van der Waals surface area contributed by atoms with Crippen molar-refractivity contribution in [1.82, 2.24) is 9.47 Å². The van der Waals surface area contributed by atoms with E-state index in [-0.39, 0.29) is 11.5 Å². The summed E-state index contributed by atoms with van der Waals surface area (Å²) in [5.41, 5.74) is 1.09. The Morgan fingerprint density at radius 1 is 1.03 bits per heavy atom. The van der Waals surface area contributed by atoms with E-state index in [1.54, 1.807) is 47.2 Å². The highest BCUT2D eigenvalue weighted by Gasteiger charge is 2.13. The van der Waals surface area contributed by atoms with E-state index in [0.717, 1.165) is 44.0 Å². The number of hydrogen-bond donors (Lipinski definition) is 1. The molecule has 4 rings (SSSR count). The van der Waals surface area contributed by atoms with Crippen molar-refractivity contribution in [1.29, 1.82) is 0 Å². The lowest BCUT2D eigenvalue weighted by atomic mass is 10.1. The number of nitrogens with one attached hydrogen (secondary N) is 1. The topological polar surface area (TPSA) is 72.8 Å². The molecule has 1 saturated heterocycles. The molecule has 1 N–H and O–H groups in total. The van der Waals surface area contributed by atoms with Crippen LogP contribution in [0.5, 0.6) is 5.75 Å². The van der Waals surface area contributed by atoms with Crippen LogP contribution >= 0.6 is 0 Å². The number of rotatable bonds is 7. The van der Waals surface area contributed by atoms with E-state index in [4.69, 9.17) is 9.47 Å². The predicted octanol–water partition coefficient (Wildman–Crippen LogP) is 2.98. The molecule has 0 saturated carbocycles. The van der Waals surface area contributed by atoms with Gasteiger partial charge in [0.2, 0.25) is 0 Å². The fourth-order valence-corrected chi connectivity index (χ4v) is 3.74. The molecule has 1 aromatic heterocycles. The Bertz CT molecular complexity index is 1100. The van der Waals surface area contributed by atoms with E-state index in [0.29, 0.717) is 29.8 Å². The van der Waals surface area contributed by atoms with Gasteiger partial charge in [-0.15, -0.1) is 0 Å². The maximum atomic E-state index is 13.0. The number of nitrogens with zero attached hydrogens (tertiary/aromatic N) is 2. The number of amides is 1. The first-order valence-electron chi connectivity index (χ1n) is 10.6. The highest BCUT2D eigenvalue weighted by atomic mass is 16.5. The standard InChI is InChI=1S/C24H27N3O4/c1-2-31-19-8-6-18(7-9-19)23(28)25-22-5-3-4-21-20(22)10-11-27(24(21)29)13-12-26-14-16-30-17-15-26/h3-11H,2,12-17H2,1H3,(H,25,28). The third-order valence-corrected chi connectivity index (χ3v) is 5.46. The zero-order chi connectivity index (χ0) is 21.6. The minimum Gasteiger partial charge on any atom is -0.494 e. The monoisotopic (exact) mass is 421 g/mol. The van der Waals surface area contributed by atoms with Crippen LogP contribution in [0.2, 0.25) is 0 Å². The van der Waals surface area contributed by atoms with Crippen molar-refractivity contribution in [3.63, 3.8) is 0 Å². The average Bonchev–Trinajstić information content (AvgIpc) is 2.80. The zero-order valence-corrected chi connectivity index (χ0v) is 17.7. The highest BCUT2D eigenvalue weighted by molar-refractivity contribution is 6.09. The summed E-state index contributed by atoms with van der Waals surface area (Å²) in [4.78, 5) is 28.0. The van der Waals surface area contributed by atoms with Gasteiger partial charge in [0, 0.05) is 54.4 Å². The number of fused-ring (bicyclic) bond motifs is 1. The van der Waals surface area contributed by atoms with Crippen molar-refractivity contribution in [2.45, 2.75) is 13.5 Å². The van der Waals surface area contributed by atoms with Gasteiger partial charge < -0.3 is 19.4 Å². The summed E-state index contributed by atoms with van der Waals surface area (Å²) in [7, 11) is 0. The molecule has 2 aromatic carbocycles. The summed E-state index contributed by atoms with van der Waals surface area (Å²) in [5, 5.41) is 4.26. The number of hydrogen-bond acceptors (Lipinski definition) is 5. The summed E-state index contributed by atoms with van der Waals surface area (Å²) in [6.07, 6.45) is 1.80. The van der Waals surface area contributed by atoms with E-state index in [9.17, 15) is 9.59 Å². The van der Waals surface area contributed by atoms with Gasteiger partial charge in [0.05, 0.1) is 19.8 Å². The molecule has 0 atom stereocenters. The van der Waals surface area contributed by atoms with Crippen LogP contribution in [0, 0.1) is 0 Å². The number of carbonyl (C=O) groups excluding carboxylic acids is 1. The highest BCUT2D eigenvalue weighted by Crippen LogP contribution is 2.22. The molecule has 1 aliphatic rings.